The molecule has 0 atom stereocenters. The highest BCUT2D eigenvalue weighted by Crippen LogP contribution is 2.11. The van der Waals surface area contributed by atoms with Gasteiger partial charge in [-0.2, -0.15) is 13.7 Å². The summed E-state index contributed by atoms with van der Waals surface area (Å²) >= 11 is 0. The Kier molecular flexibility index (Phi) is 5.15. The van der Waals surface area contributed by atoms with Crippen LogP contribution in [-0.4, -0.2) is 29.0 Å². The van der Waals surface area contributed by atoms with Crippen molar-refractivity contribution in [2.45, 2.75) is 31.8 Å². The van der Waals surface area contributed by atoms with Crippen LogP contribution in [-0.2, 0) is 16.6 Å². The summed E-state index contributed by atoms with van der Waals surface area (Å²) in [7, 11) is -4.08. The Labute approximate surface area is 139 Å². The number of rotatable bonds is 5. The quantitative estimate of drug-likeness (QED) is 0.838. The summed E-state index contributed by atoms with van der Waals surface area (Å²) in [4.78, 5) is 19.9. The molecule has 0 aliphatic rings. The van der Waals surface area contributed by atoms with Gasteiger partial charge in [-0.15, -0.1) is 0 Å². The van der Waals surface area contributed by atoms with Crippen molar-refractivity contribution in [3.63, 3.8) is 0 Å². The third-order valence-corrected chi connectivity index (χ3v) is 4.34. The second-order valence-corrected chi connectivity index (χ2v) is 6.61. The SMILES string of the molecule is Cc1cc(C)nc(NC(=O)NS(=O)(=O)c2cccn2CCC#N)n1. The number of aromatic nitrogens is 3. The van der Waals surface area contributed by atoms with Crippen LogP contribution in [0.2, 0.25) is 0 Å². The van der Waals surface area contributed by atoms with Crippen molar-refractivity contribution in [3.8, 4) is 6.07 Å². The number of hydrogen-bond acceptors (Lipinski definition) is 6. The second-order valence-electron chi connectivity index (χ2n) is 4.98. The van der Waals surface area contributed by atoms with Crippen molar-refractivity contribution in [2.24, 2.45) is 0 Å². The van der Waals surface area contributed by atoms with Crippen LogP contribution in [0.5, 0.6) is 0 Å². The Hall–Kier alpha value is -2.93. The normalized spacial score (nSPS) is 10.9. The third kappa shape index (κ3) is 4.30. The summed E-state index contributed by atoms with van der Waals surface area (Å²) < 4.78 is 27.9. The van der Waals surface area contributed by atoms with Crippen LogP contribution in [0.25, 0.3) is 0 Å². The topological polar surface area (TPSA) is 130 Å². The number of anilines is 1. The summed E-state index contributed by atoms with van der Waals surface area (Å²) in [5.74, 6) is 0.0139. The fourth-order valence-electron chi connectivity index (χ4n) is 2.08. The molecular formula is C14H16N6O3S. The molecule has 0 spiro atoms. The lowest BCUT2D eigenvalue weighted by molar-refractivity contribution is 0.256. The predicted molar refractivity (Wildman–Crippen MR) is 85.5 cm³/mol. The van der Waals surface area contributed by atoms with E-state index in [4.69, 9.17) is 5.26 Å². The summed E-state index contributed by atoms with van der Waals surface area (Å²) in [5.41, 5.74) is 1.29. The van der Waals surface area contributed by atoms with Crippen molar-refractivity contribution in [2.75, 3.05) is 5.32 Å². The van der Waals surface area contributed by atoms with Gasteiger partial charge in [0.25, 0.3) is 10.0 Å². The number of hydrogen-bond donors (Lipinski definition) is 2. The lowest BCUT2D eigenvalue weighted by Crippen LogP contribution is -2.36. The summed E-state index contributed by atoms with van der Waals surface area (Å²) in [6.45, 7) is 3.68. The van der Waals surface area contributed by atoms with E-state index in [9.17, 15) is 13.2 Å². The zero-order chi connectivity index (χ0) is 17.7. The van der Waals surface area contributed by atoms with Crippen LogP contribution >= 0.6 is 0 Å². The Balaban J connectivity index is 2.13. The first-order chi connectivity index (χ1) is 11.3. The molecule has 126 valence electrons. The van der Waals surface area contributed by atoms with Crippen molar-refractivity contribution in [3.05, 3.63) is 35.8 Å². The monoisotopic (exact) mass is 348 g/mol. The van der Waals surface area contributed by atoms with Crippen LogP contribution < -0.4 is 10.0 Å². The van der Waals surface area contributed by atoms with E-state index in [1.54, 1.807) is 19.9 Å². The van der Waals surface area contributed by atoms with E-state index in [1.807, 2.05) is 10.8 Å². The molecule has 0 aromatic carbocycles. The van der Waals surface area contributed by atoms with Gasteiger partial charge in [0.2, 0.25) is 5.95 Å². The van der Waals surface area contributed by atoms with Crippen LogP contribution in [0.15, 0.2) is 29.4 Å². The second kappa shape index (κ2) is 7.10. The van der Waals surface area contributed by atoms with Gasteiger partial charge >= 0.3 is 6.03 Å². The zero-order valence-electron chi connectivity index (χ0n) is 13.1. The minimum atomic E-state index is -4.08. The van der Waals surface area contributed by atoms with Crippen molar-refractivity contribution in [1.29, 1.82) is 5.26 Å². The number of sulfonamides is 1. The maximum absolute atomic E-state index is 12.3. The Bertz CT molecular complexity index is 877. The maximum atomic E-state index is 12.3. The van der Waals surface area contributed by atoms with Gasteiger partial charge in [0.15, 0.2) is 5.03 Å². The van der Waals surface area contributed by atoms with E-state index in [0.29, 0.717) is 11.4 Å². The van der Waals surface area contributed by atoms with Crippen molar-refractivity contribution >= 4 is 22.0 Å². The molecule has 0 fully saturated rings. The number of amides is 2. The molecule has 2 aromatic heterocycles. The highest BCUT2D eigenvalue weighted by atomic mass is 32.2. The molecule has 2 heterocycles. The van der Waals surface area contributed by atoms with Gasteiger partial charge in [0.1, 0.15) is 0 Å². The minimum absolute atomic E-state index is 0.0139. The molecule has 0 unspecified atom stereocenters. The fraction of sp³-hybridized carbons (Fsp3) is 0.286. The summed E-state index contributed by atoms with van der Waals surface area (Å²) in [6.07, 6.45) is 1.68. The van der Waals surface area contributed by atoms with Crippen molar-refractivity contribution < 1.29 is 13.2 Å². The molecule has 0 saturated heterocycles. The number of nitrogens with one attached hydrogen (secondary N) is 2. The summed E-state index contributed by atoms with van der Waals surface area (Å²) in [5, 5.41) is 10.8. The third-order valence-electron chi connectivity index (χ3n) is 2.96. The first-order valence-corrected chi connectivity index (χ1v) is 8.48. The van der Waals surface area contributed by atoms with E-state index in [1.165, 1.54) is 22.9 Å². The van der Waals surface area contributed by atoms with E-state index in [-0.39, 0.29) is 23.9 Å². The maximum Gasteiger partial charge on any atom is 0.335 e. The van der Waals surface area contributed by atoms with Crippen LogP contribution in [0, 0.1) is 25.2 Å². The van der Waals surface area contributed by atoms with Gasteiger partial charge in [0, 0.05) is 24.1 Å². The molecule has 2 N–H and O–H groups in total. The highest BCUT2D eigenvalue weighted by molar-refractivity contribution is 7.90. The average molecular weight is 348 g/mol. The number of urea groups is 1. The molecule has 0 aliphatic heterocycles. The molecule has 0 radical (unpaired) electrons. The molecule has 0 saturated carbocycles. The van der Waals surface area contributed by atoms with Crippen molar-refractivity contribution in [1.82, 2.24) is 19.3 Å². The zero-order valence-corrected chi connectivity index (χ0v) is 14.0. The highest BCUT2D eigenvalue weighted by Gasteiger charge is 2.21. The number of nitrogens with zero attached hydrogens (tertiary/aromatic N) is 4. The van der Waals surface area contributed by atoms with E-state index >= 15 is 0 Å². The number of nitriles is 1. The Morgan fingerprint density at radius 2 is 2.00 bits per heavy atom. The van der Waals surface area contributed by atoms with Gasteiger partial charge in [-0.05, 0) is 32.0 Å². The fourth-order valence-corrected chi connectivity index (χ4v) is 3.20. The van der Waals surface area contributed by atoms with Gasteiger partial charge < -0.3 is 4.57 Å². The number of carbonyl (C=O) groups is 1. The van der Waals surface area contributed by atoms with Crippen LogP contribution in [0.3, 0.4) is 0 Å². The molecule has 24 heavy (non-hydrogen) atoms. The summed E-state index contributed by atoms with van der Waals surface area (Å²) in [6, 6.07) is 5.57. The standard InChI is InChI=1S/C14H16N6O3S/c1-10-9-11(2)17-13(16-10)18-14(21)19-24(22,23)12-5-3-7-20(12)8-4-6-15/h3,5,7,9H,4,8H2,1-2H3,(H2,16,17,18,19,21). The largest absolute Gasteiger partial charge is 0.336 e. The molecule has 0 bridgehead atoms. The average Bonchev–Trinajstić information content (AvgIpc) is 2.92. The molecule has 0 aliphatic carbocycles. The Morgan fingerprint density at radius 1 is 1.33 bits per heavy atom. The predicted octanol–water partition coefficient (Wildman–Crippen LogP) is 1.32. The van der Waals surface area contributed by atoms with Crippen LogP contribution in [0.1, 0.15) is 17.8 Å². The molecule has 10 heteroatoms. The minimum Gasteiger partial charge on any atom is -0.336 e. The number of carbonyl (C=O) groups excluding carboxylic acids is 1. The molecule has 2 rings (SSSR count). The van der Waals surface area contributed by atoms with Gasteiger partial charge in [-0.3, -0.25) is 5.32 Å². The first kappa shape index (κ1) is 17.4. The lowest BCUT2D eigenvalue weighted by atomic mass is 10.4. The van der Waals surface area contributed by atoms with E-state index in [0.717, 1.165) is 0 Å². The first-order valence-electron chi connectivity index (χ1n) is 7.00. The van der Waals surface area contributed by atoms with Gasteiger partial charge in [0.05, 0.1) is 12.5 Å². The lowest BCUT2D eigenvalue weighted by Gasteiger charge is -2.10. The van der Waals surface area contributed by atoms with Gasteiger partial charge in [-0.25, -0.2) is 19.5 Å². The van der Waals surface area contributed by atoms with E-state index in [2.05, 4.69) is 15.3 Å². The van der Waals surface area contributed by atoms with Gasteiger partial charge in [-0.1, -0.05) is 0 Å². The smallest absolute Gasteiger partial charge is 0.335 e. The van der Waals surface area contributed by atoms with Crippen LogP contribution in [0.4, 0.5) is 10.7 Å². The number of aryl methyl sites for hydroxylation is 3. The molecule has 2 amide bonds. The Morgan fingerprint density at radius 3 is 2.62 bits per heavy atom. The molecule has 9 nitrogen and oxygen atoms in total. The van der Waals surface area contributed by atoms with E-state index < -0.39 is 16.1 Å². The molecule has 2 aromatic rings. The molecular weight excluding hydrogens is 332 g/mol.